The monoisotopic (exact) mass is 349 g/mol. The molecule has 0 aliphatic heterocycles. The summed E-state index contributed by atoms with van der Waals surface area (Å²) in [5, 5.41) is 30.2. The first-order valence-corrected chi connectivity index (χ1v) is 8.33. The average molecular weight is 349 g/mol. The lowest BCUT2D eigenvalue weighted by Gasteiger charge is -2.22. The van der Waals surface area contributed by atoms with E-state index in [0.29, 0.717) is 12.0 Å². The molecule has 0 saturated carbocycles. The third kappa shape index (κ3) is 4.77. The second-order valence-electron chi connectivity index (χ2n) is 5.53. The molecule has 2 rings (SSSR count). The molecule has 0 aliphatic rings. The third-order valence-corrected chi connectivity index (χ3v) is 4.29. The molecule has 0 unspecified atom stereocenters. The van der Waals surface area contributed by atoms with Crippen LogP contribution in [0.25, 0.3) is 0 Å². The van der Waals surface area contributed by atoms with Crippen LogP contribution in [0.1, 0.15) is 18.1 Å². The summed E-state index contributed by atoms with van der Waals surface area (Å²) in [6.45, 7) is 1.96. The Morgan fingerprint density at radius 2 is 2.08 bits per heavy atom. The van der Waals surface area contributed by atoms with Crippen LogP contribution < -0.4 is 10.6 Å². The molecular formula is C16H19N3O4S. The van der Waals surface area contributed by atoms with Crippen molar-refractivity contribution in [2.75, 3.05) is 13.1 Å². The fraction of sp³-hybridized carbons (Fsp3) is 0.312. The van der Waals surface area contributed by atoms with E-state index in [-0.39, 0.29) is 18.8 Å². The molecule has 0 bridgehead atoms. The first kappa shape index (κ1) is 17.9. The molecule has 7 nitrogen and oxygen atoms in total. The Kier molecular flexibility index (Phi) is 5.88. The summed E-state index contributed by atoms with van der Waals surface area (Å²) in [6.07, 6.45) is 0.353. The quantitative estimate of drug-likeness (QED) is 0.527. The fourth-order valence-corrected chi connectivity index (χ4v) is 2.98. The minimum Gasteiger partial charge on any atom is -0.384 e. The highest BCUT2D eigenvalue weighted by Crippen LogP contribution is 2.22. The lowest BCUT2D eigenvalue weighted by molar-refractivity contribution is -0.385. The van der Waals surface area contributed by atoms with Crippen molar-refractivity contribution in [2.24, 2.45) is 0 Å². The van der Waals surface area contributed by atoms with E-state index < -0.39 is 16.6 Å². The van der Waals surface area contributed by atoms with E-state index in [4.69, 9.17) is 0 Å². The Morgan fingerprint density at radius 1 is 1.33 bits per heavy atom. The van der Waals surface area contributed by atoms with Crippen LogP contribution in [0.4, 0.5) is 10.5 Å². The number of nitro groups is 1. The number of carbonyl (C=O) groups excluding carboxylic acids is 1. The van der Waals surface area contributed by atoms with E-state index >= 15 is 0 Å². The normalized spacial score (nSPS) is 13.1. The molecule has 0 saturated heterocycles. The van der Waals surface area contributed by atoms with Gasteiger partial charge in [-0.1, -0.05) is 18.2 Å². The van der Waals surface area contributed by atoms with Gasteiger partial charge >= 0.3 is 6.03 Å². The van der Waals surface area contributed by atoms with Gasteiger partial charge in [-0.15, -0.1) is 0 Å². The predicted molar refractivity (Wildman–Crippen MR) is 92.1 cm³/mol. The van der Waals surface area contributed by atoms with Crippen LogP contribution in [0.3, 0.4) is 0 Å². The van der Waals surface area contributed by atoms with Gasteiger partial charge in [0.2, 0.25) is 0 Å². The minimum absolute atomic E-state index is 0.0418. The highest BCUT2D eigenvalue weighted by Gasteiger charge is 2.24. The standard InChI is InChI=1S/C16H19N3O4S/c1-16(21,13-7-9-24-10-13)11-18-15(20)17-8-6-12-4-2-3-5-14(12)19(22)23/h2-5,7,9-10,21H,6,8,11H2,1H3,(H2,17,18,20)/t16-/m1/s1. The van der Waals surface area contributed by atoms with Gasteiger partial charge in [-0.3, -0.25) is 10.1 Å². The maximum atomic E-state index is 11.8. The van der Waals surface area contributed by atoms with Gasteiger partial charge < -0.3 is 15.7 Å². The largest absolute Gasteiger partial charge is 0.384 e. The van der Waals surface area contributed by atoms with Crippen LogP contribution in [-0.4, -0.2) is 29.2 Å². The van der Waals surface area contributed by atoms with Crippen molar-refractivity contribution >= 4 is 23.1 Å². The van der Waals surface area contributed by atoms with Crippen molar-refractivity contribution in [3.05, 3.63) is 62.3 Å². The highest BCUT2D eigenvalue weighted by atomic mass is 32.1. The number of nitro benzene ring substituents is 1. The van der Waals surface area contributed by atoms with Crippen molar-refractivity contribution in [3.63, 3.8) is 0 Å². The number of para-hydroxylation sites is 1. The SMILES string of the molecule is C[C@@](O)(CNC(=O)NCCc1ccccc1[N+](=O)[O-])c1ccsc1. The predicted octanol–water partition coefficient (Wildman–Crippen LogP) is 2.41. The van der Waals surface area contributed by atoms with Gasteiger partial charge in [0.15, 0.2) is 0 Å². The molecule has 24 heavy (non-hydrogen) atoms. The molecule has 128 valence electrons. The van der Waals surface area contributed by atoms with Crippen molar-refractivity contribution < 1.29 is 14.8 Å². The molecular weight excluding hydrogens is 330 g/mol. The number of aliphatic hydroxyl groups is 1. The molecule has 1 heterocycles. The lowest BCUT2D eigenvalue weighted by atomic mass is 9.99. The summed E-state index contributed by atoms with van der Waals surface area (Å²) < 4.78 is 0. The summed E-state index contributed by atoms with van der Waals surface area (Å²) in [5.41, 5.74) is 0.205. The number of hydrogen-bond acceptors (Lipinski definition) is 5. The Hall–Kier alpha value is -2.45. The highest BCUT2D eigenvalue weighted by molar-refractivity contribution is 7.08. The maximum Gasteiger partial charge on any atom is 0.314 e. The Morgan fingerprint density at radius 3 is 2.75 bits per heavy atom. The van der Waals surface area contributed by atoms with Gasteiger partial charge in [-0.25, -0.2) is 4.79 Å². The maximum absolute atomic E-state index is 11.8. The molecule has 1 atom stereocenters. The Labute approximate surface area is 143 Å². The van der Waals surface area contributed by atoms with Crippen molar-refractivity contribution in [3.8, 4) is 0 Å². The number of nitrogens with zero attached hydrogens (tertiary/aromatic N) is 1. The number of carbonyl (C=O) groups is 1. The molecule has 0 spiro atoms. The smallest absolute Gasteiger partial charge is 0.314 e. The average Bonchev–Trinajstić information content (AvgIpc) is 3.09. The molecule has 8 heteroatoms. The van der Waals surface area contributed by atoms with E-state index in [1.807, 2.05) is 10.8 Å². The molecule has 3 N–H and O–H groups in total. The lowest BCUT2D eigenvalue weighted by Crippen LogP contribution is -2.43. The summed E-state index contributed by atoms with van der Waals surface area (Å²) in [4.78, 5) is 22.3. The number of nitrogens with one attached hydrogen (secondary N) is 2. The van der Waals surface area contributed by atoms with E-state index in [9.17, 15) is 20.0 Å². The van der Waals surface area contributed by atoms with Crippen LogP contribution in [0, 0.1) is 10.1 Å². The van der Waals surface area contributed by atoms with Gasteiger partial charge in [0.1, 0.15) is 5.60 Å². The van der Waals surface area contributed by atoms with Crippen molar-refractivity contribution in [1.29, 1.82) is 0 Å². The summed E-state index contributed by atoms with van der Waals surface area (Å²) in [7, 11) is 0. The van der Waals surface area contributed by atoms with Crippen molar-refractivity contribution in [2.45, 2.75) is 18.9 Å². The fourth-order valence-electron chi connectivity index (χ4n) is 2.20. The van der Waals surface area contributed by atoms with E-state index in [1.165, 1.54) is 17.4 Å². The van der Waals surface area contributed by atoms with Crippen LogP contribution in [0.15, 0.2) is 41.1 Å². The molecule has 1 aromatic heterocycles. The molecule has 1 aromatic carbocycles. The zero-order chi connectivity index (χ0) is 17.6. The van der Waals surface area contributed by atoms with E-state index in [2.05, 4.69) is 10.6 Å². The van der Waals surface area contributed by atoms with Crippen LogP contribution in [0.2, 0.25) is 0 Å². The third-order valence-electron chi connectivity index (χ3n) is 3.60. The van der Waals surface area contributed by atoms with Gasteiger partial charge in [-0.2, -0.15) is 11.3 Å². The summed E-state index contributed by atoms with van der Waals surface area (Å²) in [6, 6.07) is 7.81. The van der Waals surface area contributed by atoms with Crippen molar-refractivity contribution in [1.82, 2.24) is 10.6 Å². The zero-order valence-corrected chi connectivity index (χ0v) is 14.0. The number of hydrogen-bond donors (Lipinski definition) is 3. The molecule has 2 aromatic rings. The topological polar surface area (TPSA) is 104 Å². The summed E-state index contributed by atoms with van der Waals surface area (Å²) >= 11 is 1.47. The van der Waals surface area contributed by atoms with Gasteiger partial charge in [0.25, 0.3) is 5.69 Å². The summed E-state index contributed by atoms with van der Waals surface area (Å²) in [5.74, 6) is 0. The van der Waals surface area contributed by atoms with Gasteiger partial charge in [0, 0.05) is 18.2 Å². The molecule has 0 fully saturated rings. The molecule has 2 amide bonds. The van der Waals surface area contributed by atoms with Crippen LogP contribution in [-0.2, 0) is 12.0 Å². The Balaban J connectivity index is 1.79. The number of rotatable bonds is 7. The van der Waals surface area contributed by atoms with Gasteiger partial charge in [-0.05, 0) is 35.7 Å². The molecule has 0 aliphatic carbocycles. The molecule has 0 radical (unpaired) electrons. The van der Waals surface area contributed by atoms with E-state index in [1.54, 1.807) is 31.2 Å². The van der Waals surface area contributed by atoms with Gasteiger partial charge in [0.05, 0.1) is 11.5 Å². The number of thiophene rings is 1. The van der Waals surface area contributed by atoms with Crippen LogP contribution in [0.5, 0.6) is 0 Å². The minimum atomic E-state index is -1.14. The second-order valence-corrected chi connectivity index (χ2v) is 6.31. The first-order valence-electron chi connectivity index (χ1n) is 7.39. The first-order chi connectivity index (χ1) is 11.4. The number of urea groups is 1. The van der Waals surface area contributed by atoms with E-state index in [0.717, 1.165) is 5.56 Å². The second kappa shape index (κ2) is 7.89. The number of benzene rings is 1. The van der Waals surface area contributed by atoms with Crippen LogP contribution >= 0.6 is 11.3 Å². The Bertz CT molecular complexity index is 701. The number of amides is 2. The zero-order valence-electron chi connectivity index (χ0n) is 13.2.